The number of piperidine rings is 2. The van der Waals surface area contributed by atoms with E-state index in [1.54, 1.807) is 4.90 Å². The number of hydrogen-bond acceptors (Lipinski definition) is 5. The van der Waals surface area contributed by atoms with E-state index >= 15 is 0 Å². The van der Waals surface area contributed by atoms with Gasteiger partial charge in [0, 0.05) is 42.8 Å². The van der Waals surface area contributed by atoms with Crippen LogP contribution >= 0.6 is 0 Å². The van der Waals surface area contributed by atoms with Gasteiger partial charge in [0.2, 0.25) is 10.0 Å². The second-order valence-electron chi connectivity index (χ2n) is 15.3. The van der Waals surface area contributed by atoms with E-state index in [-0.39, 0.29) is 17.0 Å². The number of likely N-dealkylation sites (tertiary alicyclic amines) is 1. The fourth-order valence-corrected chi connectivity index (χ4v) is 11.2. The number of nitrogens with one attached hydrogen (secondary N) is 1. The molecule has 3 aliphatic heterocycles. The predicted molar refractivity (Wildman–Crippen MR) is 193 cm³/mol. The Labute approximate surface area is 299 Å². The minimum atomic E-state index is -4.33. The number of fused-ring (bicyclic) bond motifs is 3. The highest BCUT2D eigenvalue weighted by Gasteiger charge is 2.44. The molecule has 0 radical (unpaired) electrons. The largest absolute Gasteiger partial charge is 0.339 e. The van der Waals surface area contributed by atoms with E-state index in [4.69, 9.17) is 4.98 Å². The van der Waals surface area contributed by atoms with Crippen molar-refractivity contribution in [2.45, 2.75) is 112 Å². The maximum absolute atomic E-state index is 14.9. The number of rotatable bonds is 9. The average molecular weight is 716 g/mol. The van der Waals surface area contributed by atoms with Gasteiger partial charge in [-0.25, -0.2) is 26.9 Å². The number of sulfonamides is 1. The van der Waals surface area contributed by atoms with E-state index in [2.05, 4.69) is 69.6 Å². The van der Waals surface area contributed by atoms with Gasteiger partial charge < -0.3 is 9.47 Å². The number of aryl methyl sites for hydroxylation is 1. The van der Waals surface area contributed by atoms with Crippen LogP contribution in [0.3, 0.4) is 0 Å². The summed E-state index contributed by atoms with van der Waals surface area (Å²) in [6, 6.07) is 22.0. The van der Waals surface area contributed by atoms with Crippen molar-refractivity contribution in [2.75, 3.05) is 19.6 Å². The van der Waals surface area contributed by atoms with E-state index in [1.165, 1.54) is 23.9 Å². The van der Waals surface area contributed by atoms with Gasteiger partial charge in [0.05, 0.1) is 11.0 Å². The Morgan fingerprint density at radius 2 is 1.57 bits per heavy atom. The molecule has 1 saturated carbocycles. The van der Waals surface area contributed by atoms with Crippen molar-refractivity contribution in [2.24, 2.45) is 0 Å². The van der Waals surface area contributed by atoms with Gasteiger partial charge in [0.25, 0.3) is 5.91 Å². The third-order valence-corrected chi connectivity index (χ3v) is 14.0. The molecule has 4 heterocycles. The molecule has 11 heteroatoms. The molecule has 1 N–H and O–H groups in total. The summed E-state index contributed by atoms with van der Waals surface area (Å²) in [6.45, 7) is 3.98. The Bertz CT molecular complexity index is 2010. The van der Waals surface area contributed by atoms with Crippen LogP contribution in [-0.2, 0) is 15.4 Å². The molecule has 8 rings (SSSR count). The Hall–Kier alpha value is -3.67. The summed E-state index contributed by atoms with van der Waals surface area (Å²) < 4.78 is 60.9. The monoisotopic (exact) mass is 715 g/mol. The molecule has 4 aliphatic rings. The normalized spacial score (nSPS) is 24.1. The zero-order valence-corrected chi connectivity index (χ0v) is 30.1. The second kappa shape index (κ2) is 13.7. The van der Waals surface area contributed by atoms with Gasteiger partial charge >= 0.3 is 0 Å². The van der Waals surface area contributed by atoms with Crippen LogP contribution in [0, 0.1) is 18.6 Å². The van der Waals surface area contributed by atoms with Crippen LogP contribution in [0.5, 0.6) is 0 Å². The summed E-state index contributed by atoms with van der Waals surface area (Å²) in [6.07, 6.45) is 10.1. The van der Waals surface area contributed by atoms with Crippen LogP contribution in [0.2, 0.25) is 0 Å². The molecule has 1 aromatic heterocycles. The van der Waals surface area contributed by atoms with Crippen molar-refractivity contribution in [1.29, 1.82) is 0 Å². The summed E-state index contributed by atoms with van der Waals surface area (Å²) in [5.41, 5.74) is 3.26. The first kappa shape index (κ1) is 34.4. The van der Waals surface area contributed by atoms with Crippen LogP contribution in [0.25, 0.3) is 11.0 Å². The van der Waals surface area contributed by atoms with E-state index in [0.29, 0.717) is 44.1 Å². The molecule has 8 nitrogen and oxygen atoms in total. The lowest BCUT2D eigenvalue weighted by atomic mass is 9.70. The molecule has 3 atom stereocenters. The molecule has 270 valence electrons. The lowest BCUT2D eigenvalue weighted by molar-refractivity contribution is 0.0606. The first-order valence-corrected chi connectivity index (χ1v) is 20.2. The fourth-order valence-electron chi connectivity index (χ4n) is 9.79. The Balaban J connectivity index is 0.971. The maximum Gasteiger partial charge on any atom is 0.254 e. The number of hydrogen-bond donors (Lipinski definition) is 1. The molecule has 4 aromatic rings. The highest BCUT2D eigenvalue weighted by atomic mass is 32.2. The number of carbonyl (C=O) groups is 1. The van der Waals surface area contributed by atoms with Gasteiger partial charge in [-0.15, -0.1) is 0 Å². The minimum Gasteiger partial charge on any atom is -0.339 e. The minimum absolute atomic E-state index is 0.140. The number of para-hydroxylation sites is 2. The van der Waals surface area contributed by atoms with Gasteiger partial charge in [-0.1, -0.05) is 55.3 Å². The smallest absolute Gasteiger partial charge is 0.254 e. The SMILES string of the molecule is Cc1nc2ccccc2n1[C@H]1C[C@H]2CC[C@@H](C1)N2CCC1(c2ccccc2)CCN(C(=O)c2cc(F)c(F)c(S(=O)(=O)NC3CCCC3)c2)CC1. The summed E-state index contributed by atoms with van der Waals surface area (Å²) in [4.78, 5) is 22.2. The molecule has 3 saturated heterocycles. The van der Waals surface area contributed by atoms with Gasteiger partial charge in [-0.05, 0) is 106 Å². The zero-order valence-electron chi connectivity index (χ0n) is 29.2. The highest BCUT2D eigenvalue weighted by Crippen LogP contribution is 2.45. The van der Waals surface area contributed by atoms with Crippen LogP contribution < -0.4 is 4.72 Å². The lowest BCUT2D eigenvalue weighted by Gasteiger charge is -2.45. The molecular weight excluding hydrogens is 669 g/mol. The lowest BCUT2D eigenvalue weighted by Crippen LogP contribution is -2.49. The van der Waals surface area contributed by atoms with E-state index in [1.807, 2.05) is 6.07 Å². The number of halogens is 2. The second-order valence-corrected chi connectivity index (χ2v) is 17.0. The van der Waals surface area contributed by atoms with Gasteiger partial charge in [-0.3, -0.25) is 9.69 Å². The molecule has 4 fully saturated rings. The van der Waals surface area contributed by atoms with Crippen molar-refractivity contribution in [3.8, 4) is 0 Å². The number of nitrogens with zero attached hydrogens (tertiary/aromatic N) is 4. The third kappa shape index (κ3) is 6.50. The van der Waals surface area contributed by atoms with E-state index < -0.39 is 32.5 Å². The molecule has 3 aromatic carbocycles. The number of amides is 1. The van der Waals surface area contributed by atoms with E-state index in [0.717, 1.165) is 75.0 Å². The third-order valence-electron chi connectivity index (χ3n) is 12.4. The summed E-state index contributed by atoms with van der Waals surface area (Å²) >= 11 is 0. The van der Waals surface area contributed by atoms with Crippen LogP contribution in [0.1, 0.15) is 98.4 Å². The molecule has 2 bridgehead atoms. The van der Waals surface area contributed by atoms with Crippen LogP contribution in [0.4, 0.5) is 8.78 Å². The van der Waals surface area contributed by atoms with Crippen molar-refractivity contribution in [3.63, 3.8) is 0 Å². The Morgan fingerprint density at radius 1 is 0.902 bits per heavy atom. The Morgan fingerprint density at radius 3 is 2.27 bits per heavy atom. The molecule has 1 amide bonds. The zero-order chi connectivity index (χ0) is 35.3. The van der Waals surface area contributed by atoms with Crippen molar-refractivity contribution < 1.29 is 22.0 Å². The van der Waals surface area contributed by atoms with Crippen LogP contribution in [-0.4, -0.2) is 71.4 Å². The van der Waals surface area contributed by atoms with Gasteiger partial charge in [0.15, 0.2) is 11.6 Å². The standard InChI is InChI=1S/C40H47F2N5O3S/c1-27-43-35-13-7-8-14-36(35)47(27)33-25-31-15-16-32(26-33)46(31)22-19-40(29-9-3-2-4-10-29)17-20-45(21-18-40)39(48)28-23-34(41)38(42)37(24-28)51(49,50)44-30-11-5-6-12-30/h2-4,7-10,13-14,23-24,30-33,44H,5-6,11-12,15-22,25-26H2,1H3/t31-,32+,33+. The average Bonchev–Trinajstić information content (AvgIpc) is 3.83. The summed E-state index contributed by atoms with van der Waals surface area (Å²) in [5, 5.41) is 0. The van der Waals surface area contributed by atoms with Gasteiger partial charge in [-0.2, -0.15) is 0 Å². The number of imidazole rings is 1. The topological polar surface area (TPSA) is 87.5 Å². The van der Waals surface area contributed by atoms with E-state index in [9.17, 15) is 22.0 Å². The van der Waals surface area contributed by atoms with Gasteiger partial charge in [0.1, 0.15) is 10.7 Å². The van der Waals surface area contributed by atoms with Crippen molar-refractivity contribution >= 4 is 27.0 Å². The van der Waals surface area contributed by atoms with Crippen LogP contribution in [0.15, 0.2) is 71.6 Å². The number of aromatic nitrogens is 2. The number of carbonyl (C=O) groups excluding carboxylic acids is 1. The molecule has 1 aliphatic carbocycles. The summed E-state index contributed by atoms with van der Waals surface area (Å²) in [7, 11) is -4.33. The highest BCUT2D eigenvalue weighted by molar-refractivity contribution is 7.89. The van der Waals surface area contributed by atoms with Crippen molar-refractivity contribution in [1.82, 2.24) is 24.1 Å². The molecule has 51 heavy (non-hydrogen) atoms. The predicted octanol–water partition coefficient (Wildman–Crippen LogP) is 7.28. The first-order valence-electron chi connectivity index (χ1n) is 18.7. The summed E-state index contributed by atoms with van der Waals surface area (Å²) in [5.74, 6) is -2.18. The molecule has 0 unspecified atom stereocenters. The fraction of sp³-hybridized carbons (Fsp3) is 0.500. The van der Waals surface area contributed by atoms with Crippen molar-refractivity contribution in [3.05, 3.63) is 95.3 Å². The first-order chi connectivity index (χ1) is 24.6. The number of benzene rings is 3. The molecular formula is C40H47F2N5O3S. The maximum atomic E-state index is 14.9. The quantitative estimate of drug-likeness (QED) is 0.197. The molecule has 0 spiro atoms. The Kier molecular flexibility index (Phi) is 9.25.